The monoisotopic (exact) mass is 372 g/mol. The predicted octanol–water partition coefficient (Wildman–Crippen LogP) is 4.43. The van der Waals surface area contributed by atoms with Gasteiger partial charge in [0.05, 0.1) is 0 Å². The third-order valence-corrected chi connectivity index (χ3v) is 10.4. The third kappa shape index (κ3) is 2.11. The highest BCUT2D eigenvalue weighted by Crippen LogP contribution is 2.77. The molecule has 0 aromatic rings. The van der Waals surface area contributed by atoms with Gasteiger partial charge in [-0.15, -0.1) is 0 Å². The fourth-order valence-electron chi connectivity index (χ4n) is 10.6. The summed E-state index contributed by atoms with van der Waals surface area (Å²) in [5, 5.41) is 19.9. The summed E-state index contributed by atoms with van der Waals surface area (Å²) in [6, 6.07) is 0. The topological polar surface area (TPSA) is 74.6 Å². The minimum absolute atomic E-state index is 0.000787. The van der Waals surface area contributed by atoms with Crippen LogP contribution in [0.5, 0.6) is 0 Å². The molecule has 8 saturated carbocycles. The van der Waals surface area contributed by atoms with Gasteiger partial charge in [-0.3, -0.25) is 9.59 Å². The molecule has 3 atom stereocenters. The Balaban J connectivity index is 1.49. The Bertz CT molecular complexity index is 633. The van der Waals surface area contributed by atoms with E-state index in [1.165, 1.54) is 44.9 Å². The maximum Gasteiger partial charge on any atom is 0.318 e. The van der Waals surface area contributed by atoms with Crippen LogP contribution >= 0.6 is 0 Å². The van der Waals surface area contributed by atoms with Crippen LogP contribution in [0.25, 0.3) is 0 Å². The average molecular weight is 373 g/mol. The van der Waals surface area contributed by atoms with Crippen LogP contribution in [0.3, 0.4) is 0 Å². The molecule has 8 aliphatic rings. The van der Waals surface area contributed by atoms with Crippen LogP contribution in [0.15, 0.2) is 0 Å². The van der Waals surface area contributed by atoms with Crippen LogP contribution in [0.1, 0.15) is 70.6 Å². The minimum atomic E-state index is -1.19. The number of hydrogen-bond acceptors (Lipinski definition) is 2. The van der Waals surface area contributed by atoms with Crippen LogP contribution in [0.2, 0.25) is 0 Å². The lowest BCUT2D eigenvalue weighted by Gasteiger charge is -2.73. The first-order chi connectivity index (χ1) is 12.9. The Kier molecular flexibility index (Phi) is 3.31. The smallest absolute Gasteiger partial charge is 0.318 e. The Hall–Kier alpha value is -1.06. The van der Waals surface area contributed by atoms with Gasteiger partial charge in [0.25, 0.3) is 0 Å². The Labute approximate surface area is 161 Å². The van der Waals surface area contributed by atoms with E-state index >= 15 is 0 Å². The molecule has 0 aromatic carbocycles. The lowest BCUT2D eigenvalue weighted by atomic mass is 9.31. The first-order valence-electron chi connectivity index (χ1n) is 11.3. The largest absolute Gasteiger partial charge is 0.481 e. The number of carboxylic acid groups (broad SMARTS) is 2. The molecule has 0 amide bonds. The quantitative estimate of drug-likeness (QED) is 0.716. The molecule has 4 heteroatoms. The molecule has 27 heavy (non-hydrogen) atoms. The van der Waals surface area contributed by atoms with E-state index in [2.05, 4.69) is 0 Å². The molecule has 8 aliphatic carbocycles. The molecule has 0 spiro atoms. The molecule has 8 bridgehead atoms. The molecule has 0 aromatic heterocycles. The van der Waals surface area contributed by atoms with Crippen molar-refractivity contribution >= 4 is 11.9 Å². The van der Waals surface area contributed by atoms with E-state index in [9.17, 15) is 19.8 Å². The Morgan fingerprint density at radius 2 is 1.07 bits per heavy atom. The van der Waals surface area contributed by atoms with Crippen LogP contribution in [0.4, 0.5) is 0 Å². The van der Waals surface area contributed by atoms with E-state index in [1.807, 2.05) is 0 Å². The zero-order chi connectivity index (χ0) is 18.6. The van der Waals surface area contributed by atoms with Gasteiger partial charge in [0.1, 0.15) is 0 Å². The van der Waals surface area contributed by atoms with E-state index in [1.54, 1.807) is 0 Å². The zero-order valence-electron chi connectivity index (χ0n) is 16.1. The molecule has 2 N–H and O–H groups in total. The molecule has 4 nitrogen and oxygen atoms in total. The zero-order valence-corrected chi connectivity index (χ0v) is 16.1. The summed E-state index contributed by atoms with van der Waals surface area (Å²) < 4.78 is 0. The molecule has 0 aliphatic heterocycles. The molecule has 0 heterocycles. The summed E-state index contributed by atoms with van der Waals surface area (Å²) >= 11 is 0. The number of rotatable bonds is 4. The summed E-state index contributed by atoms with van der Waals surface area (Å²) in [7, 11) is 0. The van der Waals surface area contributed by atoms with Gasteiger partial charge in [0, 0.05) is 0 Å². The van der Waals surface area contributed by atoms with Crippen molar-refractivity contribution in [3.05, 3.63) is 0 Å². The highest BCUT2D eigenvalue weighted by atomic mass is 16.4. The second kappa shape index (κ2) is 5.30. The first kappa shape index (κ1) is 16.9. The second-order valence-electron chi connectivity index (χ2n) is 11.6. The summed E-state index contributed by atoms with van der Waals surface area (Å²) in [5.74, 6) is 0.813. The lowest BCUT2D eigenvalue weighted by Crippen LogP contribution is -2.66. The van der Waals surface area contributed by atoms with E-state index in [0.717, 1.165) is 55.3 Å². The van der Waals surface area contributed by atoms with Crippen molar-refractivity contribution in [2.24, 2.45) is 58.2 Å². The predicted molar refractivity (Wildman–Crippen MR) is 98.8 cm³/mol. The Morgan fingerprint density at radius 1 is 0.667 bits per heavy atom. The lowest BCUT2D eigenvalue weighted by molar-refractivity contribution is -0.244. The molecule has 0 saturated heterocycles. The number of aliphatic carboxylic acids is 2. The van der Waals surface area contributed by atoms with Crippen LogP contribution in [-0.4, -0.2) is 22.2 Å². The van der Waals surface area contributed by atoms with Gasteiger partial charge in [-0.2, -0.15) is 0 Å². The molecular formula is C23H32O4. The van der Waals surface area contributed by atoms with Gasteiger partial charge >= 0.3 is 11.9 Å². The second-order valence-corrected chi connectivity index (χ2v) is 11.6. The number of hydrogen-bond donors (Lipinski definition) is 2. The summed E-state index contributed by atoms with van der Waals surface area (Å²) in [5.41, 5.74) is 0.255. The fourth-order valence-corrected chi connectivity index (χ4v) is 10.6. The highest BCUT2D eigenvalue weighted by molar-refractivity contribution is 5.93. The molecule has 3 unspecified atom stereocenters. The van der Waals surface area contributed by atoms with E-state index < -0.39 is 17.9 Å². The van der Waals surface area contributed by atoms with Crippen molar-refractivity contribution in [1.29, 1.82) is 0 Å². The van der Waals surface area contributed by atoms with E-state index in [0.29, 0.717) is 5.92 Å². The first-order valence-corrected chi connectivity index (χ1v) is 11.3. The molecule has 0 radical (unpaired) electrons. The van der Waals surface area contributed by atoms with E-state index in [4.69, 9.17) is 0 Å². The maximum absolute atomic E-state index is 12.2. The van der Waals surface area contributed by atoms with Crippen molar-refractivity contribution in [3.8, 4) is 0 Å². The van der Waals surface area contributed by atoms with Gasteiger partial charge < -0.3 is 10.2 Å². The standard InChI is InChI=1S/C23H32O4/c24-20(25)18(21(26)27)19-17-5-15-4-16(6-17)11-23(19,10-15)22-7-12-1-13(8-22)3-14(2-12)9-22/h12-19H,1-11H2,(H,24,25)(H,26,27). The van der Waals surface area contributed by atoms with Crippen molar-refractivity contribution in [2.75, 3.05) is 0 Å². The Morgan fingerprint density at radius 3 is 1.48 bits per heavy atom. The fraction of sp³-hybridized carbons (Fsp3) is 0.913. The van der Waals surface area contributed by atoms with Gasteiger partial charge in [-0.25, -0.2) is 0 Å². The van der Waals surface area contributed by atoms with Crippen molar-refractivity contribution in [2.45, 2.75) is 70.6 Å². The molecule has 8 fully saturated rings. The average Bonchev–Trinajstić information content (AvgIpc) is 2.55. The third-order valence-electron chi connectivity index (χ3n) is 10.4. The normalized spacial score (nSPS) is 54.6. The van der Waals surface area contributed by atoms with Gasteiger partial charge in [-0.05, 0) is 123 Å². The summed E-state index contributed by atoms with van der Waals surface area (Å²) in [4.78, 5) is 24.3. The van der Waals surface area contributed by atoms with Crippen molar-refractivity contribution < 1.29 is 19.8 Å². The molecule has 148 valence electrons. The van der Waals surface area contributed by atoms with Gasteiger partial charge in [-0.1, -0.05) is 0 Å². The molecular weight excluding hydrogens is 340 g/mol. The van der Waals surface area contributed by atoms with Gasteiger partial charge in [0.15, 0.2) is 5.92 Å². The maximum atomic E-state index is 12.2. The van der Waals surface area contributed by atoms with E-state index in [-0.39, 0.29) is 16.7 Å². The summed E-state index contributed by atoms with van der Waals surface area (Å²) in [6.07, 6.45) is 13.7. The van der Waals surface area contributed by atoms with Gasteiger partial charge in [0.2, 0.25) is 0 Å². The van der Waals surface area contributed by atoms with Crippen molar-refractivity contribution in [1.82, 2.24) is 0 Å². The summed E-state index contributed by atoms with van der Waals surface area (Å²) in [6.45, 7) is 0. The highest BCUT2D eigenvalue weighted by Gasteiger charge is 2.70. The number of carbonyl (C=O) groups is 2. The van der Waals surface area contributed by atoms with Crippen LogP contribution in [-0.2, 0) is 9.59 Å². The minimum Gasteiger partial charge on any atom is -0.481 e. The SMILES string of the molecule is O=C(O)C(C(=O)O)C1C2CC3CC(C2)CC1(C12CC4CC(CC(C4)C1)C2)C3. The molecule has 8 rings (SSSR count). The van der Waals surface area contributed by atoms with Crippen LogP contribution < -0.4 is 0 Å². The van der Waals surface area contributed by atoms with Crippen LogP contribution in [0, 0.1) is 58.2 Å². The number of carboxylic acids is 2. The van der Waals surface area contributed by atoms with Crippen molar-refractivity contribution in [3.63, 3.8) is 0 Å².